The van der Waals surface area contributed by atoms with E-state index in [1.165, 1.54) is 18.2 Å². The van der Waals surface area contributed by atoms with Crippen molar-refractivity contribution < 1.29 is 27.9 Å². The van der Waals surface area contributed by atoms with Crippen molar-refractivity contribution in [3.05, 3.63) is 35.4 Å². The molecule has 0 aliphatic carbocycles. The number of alkyl halides is 3. The zero-order valence-corrected chi connectivity index (χ0v) is 10.3. The number of carbonyl (C=O) groups is 2. The van der Waals surface area contributed by atoms with Crippen LogP contribution in [0.2, 0.25) is 0 Å². The Morgan fingerprint density at radius 1 is 1.20 bits per heavy atom. The highest BCUT2D eigenvalue weighted by Gasteiger charge is 2.26. The molecule has 2 amide bonds. The van der Waals surface area contributed by atoms with Gasteiger partial charge in [0.05, 0.1) is 12.0 Å². The van der Waals surface area contributed by atoms with Gasteiger partial charge in [-0.15, -0.1) is 0 Å². The van der Waals surface area contributed by atoms with Crippen molar-refractivity contribution in [2.24, 2.45) is 0 Å². The summed E-state index contributed by atoms with van der Waals surface area (Å²) in [6, 6.07) is 5.15. The molecule has 0 saturated carbocycles. The maximum atomic E-state index is 11.8. The van der Waals surface area contributed by atoms with Crippen LogP contribution in [0.25, 0.3) is 0 Å². The average molecular weight is 290 g/mol. The second-order valence-corrected chi connectivity index (χ2v) is 3.98. The van der Waals surface area contributed by atoms with Crippen molar-refractivity contribution in [1.29, 1.82) is 0 Å². The Morgan fingerprint density at radius 2 is 1.90 bits per heavy atom. The molecular formula is C12H13F3N2O3. The van der Waals surface area contributed by atoms with Gasteiger partial charge in [-0.3, -0.25) is 0 Å². The molecule has 1 rings (SSSR count). The van der Waals surface area contributed by atoms with E-state index >= 15 is 0 Å². The van der Waals surface area contributed by atoms with Gasteiger partial charge in [-0.1, -0.05) is 12.1 Å². The van der Waals surface area contributed by atoms with Crippen LogP contribution in [0.4, 0.5) is 18.0 Å². The molecule has 0 saturated heterocycles. The number of amides is 2. The zero-order chi connectivity index (χ0) is 15.2. The zero-order valence-electron chi connectivity index (χ0n) is 10.3. The first-order valence-electron chi connectivity index (χ1n) is 5.68. The van der Waals surface area contributed by atoms with Crippen molar-refractivity contribution in [2.75, 3.05) is 6.54 Å². The minimum Gasteiger partial charge on any atom is -0.478 e. The minimum atomic E-state index is -4.32. The van der Waals surface area contributed by atoms with Crippen LogP contribution < -0.4 is 10.6 Å². The molecule has 0 atom stereocenters. The highest BCUT2D eigenvalue weighted by molar-refractivity contribution is 5.87. The molecule has 0 aliphatic rings. The Hall–Kier alpha value is -2.25. The number of aromatic carboxylic acids is 1. The van der Waals surface area contributed by atoms with Crippen LogP contribution in [0.3, 0.4) is 0 Å². The lowest BCUT2D eigenvalue weighted by molar-refractivity contribution is -0.132. The Bertz CT molecular complexity index is 489. The van der Waals surface area contributed by atoms with Crippen LogP contribution in [-0.2, 0) is 6.54 Å². The van der Waals surface area contributed by atoms with Crippen LogP contribution >= 0.6 is 0 Å². The summed E-state index contributed by atoms with van der Waals surface area (Å²) in [5, 5.41) is 13.2. The lowest BCUT2D eigenvalue weighted by Crippen LogP contribution is -2.36. The Labute approximate surface area is 112 Å². The summed E-state index contributed by atoms with van der Waals surface area (Å²) in [7, 11) is 0. The molecule has 1 aromatic rings. The predicted octanol–water partition coefficient (Wildman–Crippen LogP) is 2.14. The summed E-state index contributed by atoms with van der Waals surface area (Å²) in [5.41, 5.74) is 0.609. The molecule has 0 heterocycles. The van der Waals surface area contributed by atoms with E-state index in [4.69, 9.17) is 5.11 Å². The van der Waals surface area contributed by atoms with Crippen LogP contribution in [0, 0.1) is 0 Å². The summed E-state index contributed by atoms with van der Waals surface area (Å²) >= 11 is 0. The average Bonchev–Trinajstić information content (AvgIpc) is 2.35. The van der Waals surface area contributed by atoms with Crippen LogP contribution in [0.5, 0.6) is 0 Å². The van der Waals surface area contributed by atoms with E-state index < -0.39 is 31.1 Å². The molecule has 1 aromatic carbocycles. The molecule has 0 aliphatic heterocycles. The number of hydrogen-bond donors (Lipinski definition) is 3. The van der Waals surface area contributed by atoms with Crippen LogP contribution in [-0.4, -0.2) is 29.8 Å². The molecule has 0 fully saturated rings. The fraction of sp³-hybridized carbons (Fsp3) is 0.333. The van der Waals surface area contributed by atoms with Gasteiger partial charge in [-0.25, -0.2) is 9.59 Å². The number of rotatable bonds is 5. The fourth-order valence-corrected chi connectivity index (χ4v) is 1.38. The fourth-order valence-electron chi connectivity index (χ4n) is 1.38. The standard InChI is InChI=1S/C12H13F3N2O3/c13-12(14,15)4-5-16-11(20)17-7-8-2-1-3-9(6-8)10(18)19/h1-3,6H,4-5,7H2,(H,18,19)(H2,16,17,20). The Morgan fingerprint density at radius 3 is 2.50 bits per heavy atom. The van der Waals surface area contributed by atoms with Crippen LogP contribution in [0.1, 0.15) is 22.3 Å². The van der Waals surface area contributed by atoms with E-state index in [0.29, 0.717) is 5.56 Å². The summed E-state index contributed by atoms with van der Waals surface area (Å²) in [5.74, 6) is -1.10. The summed E-state index contributed by atoms with van der Waals surface area (Å²) in [6.07, 6.45) is -5.42. The first-order chi connectivity index (χ1) is 9.28. The van der Waals surface area contributed by atoms with E-state index in [1.807, 2.05) is 0 Å². The van der Waals surface area contributed by atoms with E-state index in [1.54, 1.807) is 6.07 Å². The van der Waals surface area contributed by atoms with Crippen molar-refractivity contribution in [3.8, 4) is 0 Å². The number of nitrogens with one attached hydrogen (secondary N) is 2. The number of carbonyl (C=O) groups excluding carboxylic acids is 1. The van der Waals surface area contributed by atoms with E-state index in [-0.39, 0.29) is 12.1 Å². The molecular weight excluding hydrogens is 277 g/mol. The van der Waals surface area contributed by atoms with E-state index in [2.05, 4.69) is 10.6 Å². The number of urea groups is 1. The molecule has 0 aromatic heterocycles. The first kappa shape index (κ1) is 15.8. The highest BCUT2D eigenvalue weighted by atomic mass is 19.4. The highest BCUT2D eigenvalue weighted by Crippen LogP contribution is 2.18. The minimum absolute atomic E-state index is 0.0268. The van der Waals surface area contributed by atoms with Gasteiger partial charge in [-0.05, 0) is 17.7 Å². The van der Waals surface area contributed by atoms with Crippen molar-refractivity contribution in [3.63, 3.8) is 0 Å². The number of carboxylic acid groups (broad SMARTS) is 1. The van der Waals surface area contributed by atoms with Gasteiger partial charge >= 0.3 is 18.2 Å². The number of benzene rings is 1. The predicted molar refractivity (Wildman–Crippen MR) is 64.3 cm³/mol. The summed E-state index contributed by atoms with van der Waals surface area (Å²) < 4.78 is 35.5. The molecule has 0 radical (unpaired) electrons. The third-order valence-electron chi connectivity index (χ3n) is 2.32. The number of halogens is 3. The quantitative estimate of drug-likeness (QED) is 0.777. The summed E-state index contributed by atoms with van der Waals surface area (Å²) in [4.78, 5) is 21.9. The van der Waals surface area contributed by atoms with Crippen molar-refractivity contribution in [1.82, 2.24) is 10.6 Å². The van der Waals surface area contributed by atoms with E-state index in [9.17, 15) is 22.8 Å². The third-order valence-corrected chi connectivity index (χ3v) is 2.32. The molecule has 0 unspecified atom stereocenters. The number of hydrogen-bond acceptors (Lipinski definition) is 2. The SMILES string of the molecule is O=C(NCCC(F)(F)F)NCc1cccc(C(=O)O)c1. The summed E-state index contributed by atoms with van der Waals surface area (Å²) in [6.45, 7) is -0.483. The monoisotopic (exact) mass is 290 g/mol. The molecule has 5 nitrogen and oxygen atoms in total. The lowest BCUT2D eigenvalue weighted by atomic mass is 10.1. The maximum Gasteiger partial charge on any atom is 0.390 e. The lowest BCUT2D eigenvalue weighted by Gasteiger charge is -2.09. The molecule has 8 heteroatoms. The Balaban J connectivity index is 2.37. The second-order valence-electron chi connectivity index (χ2n) is 3.98. The molecule has 0 spiro atoms. The van der Waals surface area contributed by atoms with Gasteiger partial charge in [0.1, 0.15) is 0 Å². The van der Waals surface area contributed by atoms with Gasteiger partial charge < -0.3 is 15.7 Å². The van der Waals surface area contributed by atoms with Gasteiger partial charge in [0.15, 0.2) is 0 Å². The second kappa shape index (κ2) is 6.78. The van der Waals surface area contributed by atoms with Crippen molar-refractivity contribution in [2.45, 2.75) is 19.1 Å². The Kier molecular flexibility index (Phi) is 5.36. The van der Waals surface area contributed by atoms with Gasteiger partial charge in [0.2, 0.25) is 0 Å². The van der Waals surface area contributed by atoms with Gasteiger partial charge in [0, 0.05) is 13.1 Å². The van der Waals surface area contributed by atoms with E-state index in [0.717, 1.165) is 0 Å². The molecule has 0 bridgehead atoms. The van der Waals surface area contributed by atoms with Crippen molar-refractivity contribution >= 4 is 12.0 Å². The van der Waals surface area contributed by atoms with Crippen LogP contribution in [0.15, 0.2) is 24.3 Å². The molecule has 3 N–H and O–H groups in total. The topological polar surface area (TPSA) is 78.4 Å². The molecule has 20 heavy (non-hydrogen) atoms. The van der Waals surface area contributed by atoms with Gasteiger partial charge in [0.25, 0.3) is 0 Å². The third kappa shape index (κ3) is 6.07. The maximum absolute atomic E-state index is 11.8. The first-order valence-corrected chi connectivity index (χ1v) is 5.68. The largest absolute Gasteiger partial charge is 0.478 e. The normalized spacial score (nSPS) is 10.9. The smallest absolute Gasteiger partial charge is 0.390 e. The number of carboxylic acids is 1. The molecule has 110 valence electrons. The van der Waals surface area contributed by atoms with Gasteiger partial charge in [-0.2, -0.15) is 13.2 Å².